The normalized spacial score (nSPS) is 17.1. The molecule has 3 heterocycles. The number of benzene rings is 1. The van der Waals surface area contributed by atoms with Crippen molar-refractivity contribution < 1.29 is 4.79 Å². The van der Waals surface area contributed by atoms with Crippen LogP contribution in [-0.2, 0) is 6.42 Å². The van der Waals surface area contributed by atoms with E-state index in [1.165, 1.54) is 11.3 Å². The first-order valence-electron chi connectivity index (χ1n) is 8.69. The number of likely N-dealkylation sites (tertiary alicyclic amines) is 1. The second-order valence-electron chi connectivity index (χ2n) is 6.46. The van der Waals surface area contributed by atoms with Crippen molar-refractivity contribution >= 4 is 33.5 Å². The topological polar surface area (TPSA) is 113 Å². The van der Waals surface area contributed by atoms with E-state index in [4.69, 9.17) is 10.7 Å². The van der Waals surface area contributed by atoms with Gasteiger partial charge in [-0.05, 0) is 31.4 Å². The molecule has 1 fully saturated rings. The molecule has 1 atom stereocenters. The van der Waals surface area contributed by atoms with Gasteiger partial charge in [-0.3, -0.25) is 0 Å². The lowest BCUT2D eigenvalue weighted by Gasteiger charge is -2.23. The van der Waals surface area contributed by atoms with Crippen LogP contribution in [0.25, 0.3) is 11.0 Å². The maximum Gasteiger partial charge on any atom is 0.318 e. The van der Waals surface area contributed by atoms with E-state index < -0.39 is 0 Å². The first-order valence-corrected chi connectivity index (χ1v) is 9.51. The predicted molar refractivity (Wildman–Crippen MR) is 101 cm³/mol. The largest absolute Gasteiger partial charge is 0.374 e. The van der Waals surface area contributed by atoms with Crippen molar-refractivity contribution in [3.8, 4) is 0 Å². The summed E-state index contributed by atoms with van der Waals surface area (Å²) >= 11 is 1.35. The molecule has 0 saturated carbocycles. The number of imidazole rings is 1. The van der Waals surface area contributed by atoms with Gasteiger partial charge in [0.1, 0.15) is 10.8 Å². The van der Waals surface area contributed by atoms with Gasteiger partial charge in [0, 0.05) is 19.5 Å². The summed E-state index contributed by atoms with van der Waals surface area (Å²) in [6.07, 6.45) is 2.52. The van der Waals surface area contributed by atoms with Crippen molar-refractivity contribution in [2.24, 2.45) is 0 Å². The Morgan fingerprint density at radius 3 is 3.12 bits per heavy atom. The van der Waals surface area contributed by atoms with E-state index in [2.05, 4.69) is 20.5 Å². The number of anilines is 1. The summed E-state index contributed by atoms with van der Waals surface area (Å²) in [5.41, 5.74) is 8.70. The summed E-state index contributed by atoms with van der Waals surface area (Å²) in [7, 11) is 0. The molecule has 1 aromatic carbocycles. The number of aromatic amines is 1. The number of urea groups is 1. The molecule has 9 heteroatoms. The van der Waals surface area contributed by atoms with Gasteiger partial charge >= 0.3 is 6.03 Å². The van der Waals surface area contributed by atoms with Crippen molar-refractivity contribution in [3.63, 3.8) is 0 Å². The van der Waals surface area contributed by atoms with Crippen molar-refractivity contribution in [2.75, 3.05) is 18.8 Å². The van der Waals surface area contributed by atoms with E-state index in [-0.39, 0.29) is 12.1 Å². The van der Waals surface area contributed by atoms with Crippen LogP contribution in [0.3, 0.4) is 0 Å². The van der Waals surface area contributed by atoms with Crippen LogP contribution in [0, 0.1) is 6.92 Å². The van der Waals surface area contributed by atoms with Gasteiger partial charge in [-0.15, -0.1) is 10.2 Å². The number of aromatic nitrogens is 4. The third-order valence-electron chi connectivity index (χ3n) is 4.66. The second kappa shape index (κ2) is 6.91. The van der Waals surface area contributed by atoms with Crippen LogP contribution in [-0.4, -0.2) is 44.2 Å². The lowest BCUT2D eigenvalue weighted by Crippen LogP contribution is -2.40. The van der Waals surface area contributed by atoms with E-state index in [0.717, 1.165) is 46.8 Å². The minimum absolute atomic E-state index is 0.0148. The fourth-order valence-electron chi connectivity index (χ4n) is 3.39. The van der Waals surface area contributed by atoms with Gasteiger partial charge in [-0.1, -0.05) is 23.5 Å². The summed E-state index contributed by atoms with van der Waals surface area (Å²) < 4.78 is 0. The zero-order valence-electron chi connectivity index (χ0n) is 14.5. The average molecular weight is 371 g/mol. The van der Waals surface area contributed by atoms with Crippen molar-refractivity contribution in [1.82, 2.24) is 30.4 Å². The number of nitrogens with one attached hydrogen (secondary N) is 2. The third kappa shape index (κ3) is 3.22. The fraction of sp³-hybridized carbons (Fsp3) is 0.412. The number of nitrogens with zero attached hydrogens (tertiary/aromatic N) is 4. The molecule has 1 saturated heterocycles. The van der Waals surface area contributed by atoms with Gasteiger partial charge < -0.3 is 20.9 Å². The Morgan fingerprint density at radius 2 is 2.35 bits per heavy atom. The van der Waals surface area contributed by atoms with E-state index in [0.29, 0.717) is 18.1 Å². The Kier molecular flexibility index (Phi) is 4.46. The Balaban J connectivity index is 1.43. The molecule has 8 nitrogen and oxygen atoms in total. The highest BCUT2D eigenvalue weighted by Gasteiger charge is 2.32. The van der Waals surface area contributed by atoms with Crippen molar-refractivity contribution in [2.45, 2.75) is 32.2 Å². The zero-order valence-corrected chi connectivity index (χ0v) is 15.3. The number of hydrogen-bond donors (Lipinski definition) is 3. The first-order chi connectivity index (χ1) is 12.6. The summed E-state index contributed by atoms with van der Waals surface area (Å²) in [4.78, 5) is 22.6. The molecule has 0 spiro atoms. The number of rotatable bonds is 4. The van der Waals surface area contributed by atoms with Crippen LogP contribution in [0.4, 0.5) is 9.93 Å². The molecule has 3 aromatic rings. The number of nitrogen functional groups attached to an aromatic ring is 1. The Hall–Kier alpha value is -2.68. The number of para-hydroxylation sites is 1. The van der Waals surface area contributed by atoms with Crippen LogP contribution in [0.2, 0.25) is 0 Å². The molecule has 2 aromatic heterocycles. The molecule has 0 bridgehead atoms. The van der Waals surface area contributed by atoms with Gasteiger partial charge in [0.25, 0.3) is 0 Å². The van der Waals surface area contributed by atoms with Crippen LogP contribution in [0.15, 0.2) is 18.2 Å². The number of nitrogens with two attached hydrogens (primary N) is 1. The number of hydrogen-bond acceptors (Lipinski definition) is 6. The fourth-order valence-corrected chi connectivity index (χ4v) is 4.00. The summed E-state index contributed by atoms with van der Waals surface area (Å²) in [6, 6.07) is 6.00. The van der Waals surface area contributed by atoms with Crippen LogP contribution in [0.5, 0.6) is 0 Å². The van der Waals surface area contributed by atoms with E-state index in [1.807, 2.05) is 30.0 Å². The molecule has 4 rings (SSSR count). The summed E-state index contributed by atoms with van der Waals surface area (Å²) in [5, 5.41) is 12.0. The first kappa shape index (κ1) is 16.8. The standard InChI is InChI=1S/C17H21N7OS/c1-10-4-2-5-11-14(10)21-15(20-11)12-6-3-9-24(12)17(25)19-8-7-13-22-23-16(18)26-13/h2,4-5,12H,3,6-9H2,1H3,(H2,18,23)(H,19,25)(H,20,21)/t12-/m1/s1. The minimum atomic E-state index is -0.0674. The van der Waals surface area contributed by atoms with E-state index >= 15 is 0 Å². The van der Waals surface area contributed by atoms with Crippen LogP contribution < -0.4 is 11.1 Å². The second-order valence-corrected chi connectivity index (χ2v) is 7.55. The number of carbonyl (C=O) groups is 1. The molecule has 1 aliphatic rings. The smallest absolute Gasteiger partial charge is 0.318 e. The number of aryl methyl sites for hydroxylation is 1. The Morgan fingerprint density at radius 1 is 1.46 bits per heavy atom. The number of fused-ring (bicyclic) bond motifs is 1. The number of amides is 2. The van der Waals surface area contributed by atoms with Gasteiger partial charge in [0.2, 0.25) is 5.13 Å². The van der Waals surface area contributed by atoms with E-state index in [1.54, 1.807) is 0 Å². The quantitative estimate of drug-likeness (QED) is 0.652. The molecule has 136 valence electrons. The van der Waals surface area contributed by atoms with Crippen LogP contribution >= 0.6 is 11.3 Å². The van der Waals surface area contributed by atoms with Gasteiger partial charge in [-0.2, -0.15) is 0 Å². The maximum absolute atomic E-state index is 12.6. The lowest BCUT2D eigenvalue weighted by atomic mass is 10.2. The van der Waals surface area contributed by atoms with Crippen LogP contribution in [0.1, 0.15) is 35.3 Å². The summed E-state index contributed by atoms with van der Waals surface area (Å²) in [5.74, 6) is 0.860. The van der Waals surface area contributed by atoms with Gasteiger partial charge in [0.15, 0.2) is 0 Å². The van der Waals surface area contributed by atoms with Gasteiger partial charge in [0.05, 0.1) is 17.1 Å². The minimum Gasteiger partial charge on any atom is -0.374 e. The number of H-pyrrole nitrogens is 1. The monoisotopic (exact) mass is 371 g/mol. The molecule has 0 radical (unpaired) electrons. The highest BCUT2D eigenvalue weighted by molar-refractivity contribution is 7.15. The molecular weight excluding hydrogens is 350 g/mol. The third-order valence-corrected chi connectivity index (χ3v) is 5.47. The molecule has 26 heavy (non-hydrogen) atoms. The molecular formula is C17H21N7OS. The highest BCUT2D eigenvalue weighted by Crippen LogP contribution is 2.31. The molecule has 0 unspecified atom stereocenters. The maximum atomic E-state index is 12.6. The molecule has 4 N–H and O–H groups in total. The molecule has 1 aliphatic heterocycles. The Labute approximate surface area is 154 Å². The van der Waals surface area contributed by atoms with Gasteiger partial charge in [-0.25, -0.2) is 9.78 Å². The SMILES string of the molecule is Cc1cccc2[nH]c([C@H]3CCCN3C(=O)NCCc3nnc(N)s3)nc12. The molecule has 2 amide bonds. The van der Waals surface area contributed by atoms with E-state index in [9.17, 15) is 4.79 Å². The number of carbonyl (C=O) groups excluding carboxylic acids is 1. The average Bonchev–Trinajstić information content (AvgIpc) is 3.33. The molecule has 0 aliphatic carbocycles. The Bertz CT molecular complexity index is 934. The lowest BCUT2D eigenvalue weighted by molar-refractivity contribution is 0.191. The highest BCUT2D eigenvalue weighted by atomic mass is 32.1. The van der Waals surface area contributed by atoms with Crippen molar-refractivity contribution in [1.29, 1.82) is 0 Å². The zero-order chi connectivity index (χ0) is 18.1. The predicted octanol–water partition coefficient (Wildman–Crippen LogP) is 2.39. The summed E-state index contributed by atoms with van der Waals surface area (Å²) in [6.45, 7) is 3.29. The van der Waals surface area contributed by atoms with Crippen molar-refractivity contribution in [3.05, 3.63) is 34.6 Å².